The second kappa shape index (κ2) is 17.0. The van der Waals surface area contributed by atoms with Crippen molar-refractivity contribution in [1.29, 1.82) is 0 Å². The molecule has 0 aliphatic rings. The Balaban J connectivity index is -0.00000000500. The second-order valence-corrected chi connectivity index (χ2v) is 0. The molecule has 0 fully saturated rings. The fraction of sp³-hybridized carbons (Fsp3) is 0. The van der Waals surface area contributed by atoms with Crippen LogP contribution in [0.15, 0.2) is 0 Å². The average Bonchev–Trinajstić information content (AvgIpc) is 1.00. The van der Waals surface area contributed by atoms with Crippen molar-refractivity contribution in [2.45, 2.75) is 0 Å². The molecule has 0 spiro atoms. The fourth-order valence-electron chi connectivity index (χ4n) is 0. The molecule has 0 amide bonds. The van der Waals surface area contributed by atoms with E-state index in [2.05, 4.69) is 0 Å². The molecule has 0 rings (SSSR count). The van der Waals surface area contributed by atoms with Gasteiger partial charge in [-0.25, -0.2) is 0 Å². The maximum atomic E-state index is 8.33. The Morgan fingerprint density at radius 3 is 1.25 bits per heavy atom. The summed E-state index contributed by atoms with van der Waals surface area (Å²) in [7, 11) is 0. The molecular formula is H5InOSmSn. The van der Waals surface area contributed by atoms with Crippen molar-refractivity contribution in [1.82, 2.24) is 0 Å². The number of rotatable bonds is 0. The van der Waals surface area contributed by atoms with Crippen LogP contribution in [0.5, 0.6) is 0 Å². The molecule has 0 aromatic heterocycles. The van der Waals surface area contributed by atoms with Gasteiger partial charge in [-0.3, -0.25) is 0 Å². The van der Waals surface area contributed by atoms with Gasteiger partial charge in [0.1, 0.15) is 0 Å². The minimum absolute atomic E-state index is 0. The van der Waals surface area contributed by atoms with E-state index in [9.17, 15) is 0 Å². The molecule has 4 heteroatoms. The molecule has 4 heavy (non-hydrogen) atoms. The third-order valence-corrected chi connectivity index (χ3v) is 0. The van der Waals surface area contributed by atoms with Crippen LogP contribution in [0.4, 0.5) is 0 Å². The summed E-state index contributed by atoms with van der Waals surface area (Å²) in [6.07, 6.45) is 0. The van der Waals surface area contributed by atoms with Crippen LogP contribution < -0.4 is 0 Å². The first-order valence-corrected chi connectivity index (χ1v) is 1.24. The van der Waals surface area contributed by atoms with Gasteiger partial charge in [0, 0.05) is 0 Å². The average molecular weight is 405 g/mol. The van der Waals surface area contributed by atoms with Gasteiger partial charge in [0.15, 0.2) is 0 Å². The third-order valence-electron chi connectivity index (χ3n) is 0. The van der Waals surface area contributed by atoms with Gasteiger partial charge in [-0.05, 0) is 0 Å². The van der Waals surface area contributed by atoms with Crippen LogP contribution in [0.1, 0.15) is 0 Å². The van der Waals surface area contributed by atoms with Crippen LogP contribution in [0.2, 0.25) is 0 Å². The first-order chi connectivity index (χ1) is 1.00. The van der Waals surface area contributed by atoms with Crippen LogP contribution in [-0.2, 0) is 1.11 Å². The van der Waals surface area contributed by atoms with Gasteiger partial charge in [0.25, 0.3) is 0 Å². The molecule has 0 bridgehead atoms. The van der Waals surface area contributed by atoms with E-state index in [-0.39, 0.29) is 49.8 Å². The molecule has 2 radical (unpaired) electrons. The van der Waals surface area contributed by atoms with E-state index in [4.69, 9.17) is 1.11 Å². The van der Waals surface area contributed by atoms with E-state index < -0.39 is 0 Å². The van der Waals surface area contributed by atoms with E-state index in [1.54, 1.807) is 0 Å². The Labute approximate surface area is 87.1 Å². The zero-order valence-electron chi connectivity index (χ0n) is 1.52. The standard InChI is InChI=1S/In.O.Sm.Sn.5H. The topological polar surface area (TPSA) is 17.1 Å². The Bertz CT molecular complexity index is 8.00. The van der Waals surface area contributed by atoms with Gasteiger partial charge in [0.2, 0.25) is 0 Å². The molecule has 1 nitrogen and oxygen atoms in total. The molecule has 0 unspecified atom stereocenters. The predicted octanol–water partition coefficient (Wildman–Crippen LogP) is -2.22. The zero-order valence-corrected chi connectivity index (χ0v) is 8.18. The number of hydrogen-bond acceptors (Lipinski definition) is 1. The van der Waals surface area contributed by atoms with Crippen LogP contribution in [-0.4, -0.2) is 49.8 Å². The summed E-state index contributed by atoms with van der Waals surface area (Å²) in [5.74, 6) is 0. The number of hydrogen-bond donors (Lipinski definition) is 0. The van der Waals surface area contributed by atoms with Gasteiger partial charge in [0.05, 0.1) is 0 Å². The van der Waals surface area contributed by atoms with Gasteiger partial charge >= 0.3 is 89.3 Å². The summed E-state index contributed by atoms with van der Waals surface area (Å²) < 4.78 is 8.33. The van der Waals surface area contributed by atoms with Crippen molar-refractivity contribution < 1.29 is 39.6 Å². The van der Waals surface area contributed by atoms with Crippen molar-refractivity contribution in [3.8, 4) is 0 Å². The van der Waals surface area contributed by atoms with Crippen molar-refractivity contribution in [3.63, 3.8) is 0 Å². The molecule has 0 aromatic rings. The van der Waals surface area contributed by atoms with Crippen LogP contribution in [0.3, 0.4) is 0 Å². The normalized spacial score (nSPS) is 1.00. The van der Waals surface area contributed by atoms with Crippen LogP contribution in [0, 0.1) is 38.5 Å². The summed E-state index contributed by atoms with van der Waals surface area (Å²) in [5, 5.41) is 0. The van der Waals surface area contributed by atoms with Crippen molar-refractivity contribution >= 4 is 49.8 Å². The minimum atomic E-state index is 0. The molecule has 0 aromatic carbocycles. The van der Waals surface area contributed by atoms with Crippen molar-refractivity contribution in [3.05, 3.63) is 0 Å². The van der Waals surface area contributed by atoms with E-state index in [1.165, 1.54) is 0 Å². The van der Waals surface area contributed by atoms with Crippen molar-refractivity contribution in [2.24, 2.45) is 0 Å². The Morgan fingerprint density at radius 1 is 1.25 bits per heavy atom. The molecule has 0 heterocycles. The van der Waals surface area contributed by atoms with Gasteiger partial charge in [-0.15, -0.1) is 0 Å². The summed E-state index contributed by atoms with van der Waals surface area (Å²) in [6, 6.07) is 0. The van der Waals surface area contributed by atoms with E-state index >= 15 is 0 Å². The maximum absolute atomic E-state index is 8.33. The first kappa shape index (κ1) is 15.8. The third kappa shape index (κ3) is 8.84. The summed E-state index contributed by atoms with van der Waals surface area (Å²) in [5.41, 5.74) is 0. The molecule has 24 valence electrons. The van der Waals surface area contributed by atoms with E-state index in [0.717, 1.165) is 0 Å². The Kier molecular flexibility index (Phi) is 67.4. The molecule has 0 aliphatic heterocycles. The molecule has 0 saturated heterocycles. The second-order valence-electron chi connectivity index (χ2n) is 0. The fourth-order valence-corrected chi connectivity index (χ4v) is 0. The monoisotopic (exact) mass is 408 g/mol. The van der Waals surface area contributed by atoms with Crippen LogP contribution >= 0.6 is 0 Å². The summed E-state index contributed by atoms with van der Waals surface area (Å²) >= 11 is 0.333. The van der Waals surface area contributed by atoms with E-state index in [0.29, 0.717) is 38.5 Å². The molecule has 0 saturated carbocycles. The van der Waals surface area contributed by atoms with Crippen LogP contribution in [0.25, 0.3) is 0 Å². The quantitative estimate of drug-likeness (QED) is 0.418. The Hall–Kier alpha value is 2.81. The van der Waals surface area contributed by atoms with E-state index in [1.807, 2.05) is 0 Å². The zero-order chi connectivity index (χ0) is 2.00. The summed E-state index contributed by atoms with van der Waals surface area (Å²) in [4.78, 5) is 0. The van der Waals surface area contributed by atoms with Gasteiger partial charge < -0.3 is 0 Å². The SMILES string of the molecule is [InH3].[O]=[Sm].[SnH2]. The first-order valence-electron chi connectivity index (χ1n) is 0.167. The van der Waals surface area contributed by atoms with Gasteiger partial charge in [-0.1, -0.05) is 0 Å². The molecule has 0 aliphatic carbocycles. The predicted molar refractivity (Wildman–Crippen MR) is 19.2 cm³/mol. The summed E-state index contributed by atoms with van der Waals surface area (Å²) in [6.45, 7) is 0. The molecule has 0 N–H and O–H groups in total. The molecule has 0 atom stereocenters. The molecular weight excluding hydrogens is 400 g/mol. The van der Waals surface area contributed by atoms with Gasteiger partial charge in [-0.2, -0.15) is 0 Å². The van der Waals surface area contributed by atoms with Crippen molar-refractivity contribution in [2.75, 3.05) is 0 Å². The Morgan fingerprint density at radius 2 is 1.25 bits per heavy atom.